The molecule has 0 radical (unpaired) electrons. The van der Waals surface area contributed by atoms with Crippen molar-refractivity contribution in [2.24, 2.45) is 0 Å². The Morgan fingerprint density at radius 3 is 2.38 bits per heavy atom. The molecule has 0 bridgehead atoms. The number of fused-ring (bicyclic) bond motifs is 1. The van der Waals surface area contributed by atoms with E-state index in [4.69, 9.17) is 45.1 Å². The van der Waals surface area contributed by atoms with E-state index < -0.39 is 28.5 Å². The Hall–Kier alpha value is -1.83. The van der Waals surface area contributed by atoms with Gasteiger partial charge >= 0.3 is 5.97 Å². The molecule has 2 N–H and O–H groups in total. The highest BCUT2D eigenvalue weighted by atomic mass is 35.5. The number of thiocarbonyl (C=S) groups is 1. The number of rotatable bonds is 10. The van der Waals surface area contributed by atoms with Gasteiger partial charge in [0.05, 0.1) is 32.8 Å². The van der Waals surface area contributed by atoms with Crippen molar-refractivity contribution in [3.8, 4) is 0 Å². The number of allylic oxidation sites excluding steroid dienone is 6. The number of unbranched alkanes of at least 4 members (excludes halogenated alkanes) is 1. The van der Waals surface area contributed by atoms with E-state index in [9.17, 15) is 18.0 Å². The number of amides is 1. The molecular formula is C23H27Cl2N3O6S3. The van der Waals surface area contributed by atoms with E-state index in [0.717, 1.165) is 28.1 Å². The molecule has 1 amide bonds. The van der Waals surface area contributed by atoms with Crippen LogP contribution in [0.25, 0.3) is 0 Å². The SMILES string of the molecule is CCN1\C(=C/C=C(C)/C=C2/SC(=S)N(CC(=O)O)C2=O)N(CCCCS(=O)(=O)O)C2C=C(Cl)C(Cl)=CC21. The van der Waals surface area contributed by atoms with Crippen LogP contribution in [-0.2, 0) is 19.7 Å². The summed E-state index contributed by atoms with van der Waals surface area (Å²) in [6, 6.07) is -0.193. The minimum absolute atomic E-state index is 0.0752. The fraction of sp³-hybridized carbons (Fsp3) is 0.435. The number of carboxylic acid groups (broad SMARTS) is 1. The summed E-state index contributed by atoms with van der Waals surface area (Å²) < 4.78 is 31.5. The van der Waals surface area contributed by atoms with E-state index in [1.807, 2.05) is 38.2 Å². The third kappa shape index (κ3) is 7.39. The summed E-state index contributed by atoms with van der Waals surface area (Å²) in [5.41, 5.74) is 0.753. The summed E-state index contributed by atoms with van der Waals surface area (Å²) in [5, 5.41) is 9.92. The normalized spacial score (nSPS) is 24.8. The second-order valence-corrected chi connectivity index (χ2v) is 12.6. The summed E-state index contributed by atoms with van der Waals surface area (Å²) in [7, 11) is -4.03. The zero-order chi connectivity index (χ0) is 27.5. The molecule has 0 saturated carbocycles. The molecule has 2 aliphatic heterocycles. The van der Waals surface area contributed by atoms with Crippen LogP contribution in [0.2, 0.25) is 0 Å². The van der Waals surface area contributed by atoms with Gasteiger partial charge in [-0.3, -0.25) is 19.0 Å². The number of carbonyl (C=O) groups excluding carboxylic acids is 1. The van der Waals surface area contributed by atoms with Gasteiger partial charge in [0.1, 0.15) is 16.7 Å². The Morgan fingerprint density at radius 1 is 1.19 bits per heavy atom. The predicted molar refractivity (Wildman–Crippen MR) is 150 cm³/mol. The van der Waals surface area contributed by atoms with Gasteiger partial charge in [-0.05, 0) is 56.6 Å². The highest BCUT2D eigenvalue weighted by Gasteiger charge is 2.41. The van der Waals surface area contributed by atoms with Gasteiger partial charge in [0.25, 0.3) is 16.0 Å². The molecule has 1 aliphatic carbocycles. The largest absolute Gasteiger partial charge is 0.480 e. The van der Waals surface area contributed by atoms with Crippen molar-refractivity contribution in [2.75, 3.05) is 25.4 Å². The fourth-order valence-corrected chi connectivity index (χ4v) is 6.56. The van der Waals surface area contributed by atoms with Crippen LogP contribution >= 0.6 is 47.2 Å². The Kier molecular flexibility index (Phi) is 9.92. The van der Waals surface area contributed by atoms with Crippen LogP contribution in [0.15, 0.2) is 56.7 Å². The zero-order valence-corrected chi connectivity index (χ0v) is 24.1. The molecule has 0 spiro atoms. The van der Waals surface area contributed by atoms with Crippen molar-refractivity contribution in [1.29, 1.82) is 0 Å². The van der Waals surface area contributed by atoms with E-state index in [2.05, 4.69) is 9.80 Å². The van der Waals surface area contributed by atoms with Crippen molar-refractivity contribution < 1.29 is 27.7 Å². The first-order valence-corrected chi connectivity index (χ1v) is 15.0. The molecule has 14 heteroatoms. The molecule has 2 atom stereocenters. The summed E-state index contributed by atoms with van der Waals surface area (Å²) in [5.74, 6) is -1.03. The van der Waals surface area contributed by atoms with Gasteiger partial charge in [-0.25, -0.2) is 0 Å². The van der Waals surface area contributed by atoms with E-state index >= 15 is 0 Å². The van der Waals surface area contributed by atoms with E-state index in [1.165, 1.54) is 0 Å². The van der Waals surface area contributed by atoms with Crippen LogP contribution in [0.3, 0.4) is 0 Å². The molecule has 0 aromatic rings. The lowest BCUT2D eigenvalue weighted by molar-refractivity contribution is -0.140. The lowest BCUT2D eigenvalue weighted by Gasteiger charge is -2.27. The maximum atomic E-state index is 12.6. The summed E-state index contributed by atoms with van der Waals surface area (Å²) >= 11 is 18.9. The van der Waals surface area contributed by atoms with Crippen molar-refractivity contribution >= 4 is 73.5 Å². The standard InChI is InChI=1S/C23H27Cl2N3O6S3/c1-3-26-17-11-15(24)16(25)12-18(17)27(8-4-5-9-37(32,33)34)20(26)7-6-14(2)10-19-22(31)28(13-21(29)30)23(35)36-19/h6-7,10-12,17-18H,3-5,8-9,13H2,1-2H3,(H,29,30)(H,32,33,34)/b14-6+,19-10+,20-7+. The molecule has 3 aliphatic rings. The Bertz CT molecular complexity index is 1240. The first-order valence-electron chi connectivity index (χ1n) is 11.4. The first-order chi connectivity index (χ1) is 17.3. The van der Waals surface area contributed by atoms with Gasteiger partial charge in [0.15, 0.2) is 0 Å². The number of carboxylic acids is 1. The lowest BCUT2D eigenvalue weighted by Crippen LogP contribution is -2.36. The number of likely N-dealkylation sites (N-methyl/N-ethyl adjacent to an activating group) is 1. The van der Waals surface area contributed by atoms with Crippen molar-refractivity contribution in [1.82, 2.24) is 14.7 Å². The quantitative estimate of drug-likeness (QED) is 0.164. The van der Waals surface area contributed by atoms with Crippen molar-refractivity contribution in [3.05, 3.63) is 56.7 Å². The average molecular weight is 609 g/mol. The van der Waals surface area contributed by atoms with Crippen LogP contribution in [-0.4, -0.2) is 86.4 Å². The molecule has 202 valence electrons. The van der Waals surface area contributed by atoms with Crippen molar-refractivity contribution in [3.63, 3.8) is 0 Å². The van der Waals surface area contributed by atoms with Crippen molar-refractivity contribution in [2.45, 2.75) is 38.8 Å². The molecule has 0 aromatic carbocycles. The first kappa shape index (κ1) is 29.7. The molecule has 37 heavy (non-hydrogen) atoms. The maximum absolute atomic E-state index is 12.6. The second kappa shape index (κ2) is 12.4. The van der Waals surface area contributed by atoms with Gasteiger partial charge in [-0.2, -0.15) is 8.42 Å². The molecule has 2 unspecified atom stereocenters. The third-order valence-corrected chi connectivity index (χ3v) is 8.87. The fourth-order valence-electron chi connectivity index (χ4n) is 4.30. The molecule has 9 nitrogen and oxygen atoms in total. The predicted octanol–water partition coefficient (Wildman–Crippen LogP) is 3.90. The molecule has 2 fully saturated rings. The number of aliphatic carboxylic acids is 1. The van der Waals surface area contributed by atoms with E-state index in [0.29, 0.717) is 40.9 Å². The van der Waals surface area contributed by atoms with Crippen LogP contribution in [0.1, 0.15) is 26.7 Å². The monoisotopic (exact) mass is 607 g/mol. The maximum Gasteiger partial charge on any atom is 0.323 e. The summed E-state index contributed by atoms with van der Waals surface area (Å²) in [6.07, 6.45) is 10.0. The zero-order valence-electron chi connectivity index (χ0n) is 20.1. The summed E-state index contributed by atoms with van der Waals surface area (Å²) in [4.78, 5) is 29.3. The number of thioether (sulfide) groups is 1. The van der Waals surface area contributed by atoms with Crippen LogP contribution < -0.4 is 0 Å². The minimum Gasteiger partial charge on any atom is -0.480 e. The number of hydrogen-bond acceptors (Lipinski definition) is 8. The van der Waals surface area contributed by atoms with Crippen LogP contribution in [0.5, 0.6) is 0 Å². The smallest absolute Gasteiger partial charge is 0.323 e. The molecular weight excluding hydrogens is 581 g/mol. The van der Waals surface area contributed by atoms with Gasteiger partial charge in [0.2, 0.25) is 0 Å². The highest BCUT2D eigenvalue weighted by molar-refractivity contribution is 8.26. The number of halogens is 2. The van der Waals surface area contributed by atoms with E-state index in [1.54, 1.807) is 6.08 Å². The molecule has 2 saturated heterocycles. The summed E-state index contributed by atoms with van der Waals surface area (Å²) in [6.45, 7) is 4.54. The number of hydrogen-bond donors (Lipinski definition) is 2. The Labute approximate surface area is 235 Å². The third-order valence-electron chi connectivity index (χ3n) is 5.93. The Morgan fingerprint density at radius 2 is 1.81 bits per heavy atom. The average Bonchev–Trinajstić information content (AvgIpc) is 3.22. The highest BCUT2D eigenvalue weighted by Crippen LogP contribution is 2.39. The molecule has 0 aromatic heterocycles. The molecule has 3 rings (SSSR count). The number of nitrogens with zero attached hydrogens (tertiary/aromatic N) is 3. The Balaban J connectivity index is 1.88. The minimum atomic E-state index is -4.03. The van der Waals surface area contributed by atoms with Gasteiger partial charge in [0, 0.05) is 13.1 Å². The molecule has 2 heterocycles. The van der Waals surface area contributed by atoms with Gasteiger partial charge in [-0.15, -0.1) is 0 Å². The second-order valence-electron chi connectivity index (χ2n) is 8.58. The van der Waals surface area contributed by atoms with Crippen LogP contribution in [0.4, 0.5) is 0 Å². The number of carbonyl (C=O) groups is 2. The van der Waals surface area contributed by atoms with E-state index in [-0.39, 0.29) is 22.2 Å². The van der Waals surface area contributed by atoms with Gasteiger partial charge < -0.3 is 14.9 Å². The topological polar surface area (TPSA) is 118 Å². The lowest BCUT2D eigenvalue weighted by atomic mass is 10.0. The van der Waals surface area contributed by atoms with Gasteiger partial charge in [-0.1, -0.05) is 53.3 Å². The van der Waals surface area contributed by atoms with Crippen LogP contribution in [0, 0.1) is 0 Å².